The van der Waals surface area contributed by atoms with Crippen LogP contribution in [-0.4, -0.2) is 52.8 Å². The molecule has 5 nitrogen and oxygen atoms in total. The highest BCUT2D eigenvalue weighted by molar-refractivity contribution is 5.89. The molecule has 1 aromatic heterocycles. The molecule has 2 fully saturated rings. The van der Waals surface area contributed by atoms with E-state index in [1.807, 2.05) is 40.3 Å². The summed E-state index contributed by atoms with van der Waals surface area (Å²) < 4.78 is 0. The van der Waals surface area contributed by atoms with Gasteiger partial charge in [-0.1, -0.05) is 25.1 Å². The topological polar surface area (TPSA) is 56.4 Å². The van der Waals surface area contributed by atoms with Crippen LogP contribution in [0.3, 0.4) is 0 Å². The van der Waals surface area contributed by atoms with Crippen molar-refractivity contribution in [2.45, 2.75) is 26.2 Å². The average Bonchev–Trinajstić information content (AvgIpc) is 3.43. The molecule has 2 heterocycles. The minimum absolute atomic E-state index is 0.145. The summed E-state index contributed by atoms with van der Waals surface area (Å²) in [5, 5.41) is 1.11. The van der Waals surface area contributed by atoms with E-state index in [-0.39, 0.29) is 17.7 Å². The fourth-order valence-electron chi connectivity index (χ4n) is 3.81. The van der Waals surface area contributed by atoms with Crippen molar-refractivity contribution >= 4 is 22.7 Å². The summed E-state index contributed by atoms with van der Waals surface area (Å²) in [4.78, 5) is 32.2. The lowest BCUT2D eigenvalue weighted by atomic mass is 10.0. The number of H-pyrrole nitrogens is 1. The summed E-state index contributed by atoms with van der Waals surface area (Å²) in [7, 11) is 0. The molecule has 2 amide bonds. The van der Waals surface area contributed by atoms with Crippen LogP contribution < -0.4 is 0 Å². The Kier molecular flexibility index (Phi) is 4.24. The van der Waals surface area contributed by atoms with Gasteiger partial charge in [0.15, 0.2) is 0 Å². The van der Waals surface area contributed by atoms with E-state index >= 15 is 0 Å². The van der Waals surface area contributed by atoms with Gasteiger partial charge in [0.2, 0.25) is 11.8 Å². The predicted molar refractivity (Wildman–Crippen MR) is 97.1 cm³/mol. The molecule has 0 radical (unpaired) electrons. The Labute approximate surface area is 148 Å². The number of piperazine rings is 1. The first-order valence-corrected chi connectivity index (χ1v) is 9.25. The summed E-state index contributed by atoms with van der Waals surface area (Å²) in [6.45, 7) is 4.66. The fourth-order valence-corrected chi connectivity index (χ4v) is 3.81. The molecule has 0 bridgehead atoms. The van der Waals surface area contributed by atoms with Crippen molar-refractivity contribution < 1.29 is 9.59 Å². The third-order valence-corrected chi connectivity index (χ3v) is 5.68. The summed E-state index contributed by atoms with van der Waals surface area (Å²) in [6, 6.07) is 8.05. The van der Waals surface area contributed by atoms with Crippen LogP contribution in [0.2, 0.25) is 0 Å². The molecule has 2 aromatic rings. The largest absolute Gasteiger partial charge is 0.361 e. The second-order valence-corrected chi connectivity index (χ2v) is 7.37. The number of aromatic nitrogens is 1. The molecule has 132 valence electrons. The third-order valence-electron chi connectivity index (χ3n) is 5.68. The zero-order chi connectivity index (χ0) is 17.4. The number of hydrogen-bond donors (Lipinski definition) is 1. The van der Waals surface area contributed by atoms with Crippen molar-refractivity contribution in [3.8, 4) is 0 Å². The van der Waals surface area contributed by atoms with Gasteiger partial charge in [0.05, 0.1) is 6.42 Å². The number of nitrogens with one attached hydrogen (secondary N) is 1. The lowest BCUT2D eigenvalue weighted by Gasteiger charge is -2.36. The summed E-state index contributed by atoms with van der Waals surface area (Å²) >= 11 is 0. The van der Waals surface area contributed by atoms with E-state index in [0.717, 1.165) is 16.5 Å². The number of fused-ring (bicyclic) bond motifs is 1. The van der Waals surface area contributed by atoms with Crippen LogP contribution >= 0.6 is 0 Å². The number of carbonyl (C=O) groups is 2. The number of carbonyl (C=O) groups excluding carboxylic acids is 2. The molecule has 2 aliphatic rings. The van der Waals surface area contributed by atoms with Crippen molar-refractivity contribution in [2.75, 3.05) is 26.2 Å². The van der Waals surface area contributed by atoms with Gasteiger partial charge in [-0.05, 0) is 30.4 Å². The number of para-hydroxylation sites is 1. The highest BCUT2D eigenvalue weighted by Crippen LogP contribution is 2.37. The van der Waals surface area contributed by atoms with E-state index in [1.54, 1.807) is 0 Å². The average molecular weight is 339 g/mol. The molecule has 4 rings (SSSR count). The zero-order valence-electron chi connectivity index (χ0n) is 14.7. The first kappa shape index (κ1) is 16.2. The second-order valence-electron chi connectivity index (χ2n) is 7.37. The molecule has 1 atom stereocenters. The Balaban J connectivity index is 1.34. The molecule has 0 spiro atoms. The van der Waals surface area contributed by atoms with Crippen molar-refractivity contribution in [3.63, 3.8) is 0 Å². The molecule has 1 saturated heterocycles. The maximum Gasteiger partial charge on any atom is 0.227 e. The smallest absolute Gasteiger partial charge is 0.227 e. The van der Waals surface area contributed by atoms with Gasteiger partial charge < -0.3 is 14.8 Å². The molecule has 5 heteroatoms. The number of rotatable bonds is 4. The van der Waals surface area contributed by atoms with Crippen LogP contribution in [0.15, 0.2) is 30.5 Å². The van der Waals surface area contributed by atoms with Gasteiger partial charge in [-0.15, -0.1) is 0 Å². The lowest BCUT2D eigenvalue weighted by molar-refractivity contribution is -0.142. The monoisotopic (exact) mass is 339 g/mol. The van der Waals surface area contributed by atoms with Crippen LogP contribution in [0.25, 0.3) is 10.9 Å². The van der Waals surface area contributed by atoms with Gasteiger partial charge in [-0.3, -0.25) is 9.59 Å². The quantitative estimate of drug-likeness (QED) is 0.930. The van der Waals surface area contributed by atoms with E-state index in [4.69, 9.17) is 0 Å². The molecule has 1 saturated carbocycles. The number of amides is 2. The van der Waals surface area contributed by atoms with Gasteiger partial charge in [-0.25, -0.2) is 0 Å². The van der Waals surface area contributed by atoms with Crippen LogP contribution in [0.1, 0.15) is 25.3 Å². The predicted octanol–water partition coefficient (Wildman–Crippen LogP) is 2.43. The number of hydrogen-bond acceptors (Lipinski definition) is 2. The van der Waals surface area contributed by atoms with E-state index in [2.05, 4.69) is 11.9 Å². The van der Waals surface area contributed by atoms with Crippen molar-refractivity contribution in [2.24, 2.45) is 11.8 Å². The Morgan fingerprint density at radius 3 is 2.52 bits per heavy atom. The third kappa shape index (κ3) is 3.28. The fraction of sp³-hybridized carbons (Fsp3) is 0.500. The van der Waals surface area contributed by atoms with Gasteiger partial charge in [0.25, 0.3) is 0 Å². The van der Waals surface area contributed by atoms with Crippen LogP contribution in [0, 0.1) is 11.8 Å². The SMILES string of the molecule is CC(C(=O)N1CCN(C(=O)Cc2c[nH]c3ccccc23)CC1)C1CC1. The standard InChI is InChI=1S/C20H25N3O2/c1-14(15-6-7-15)20(25)23-10-8-22(9-11-23)19(24)12-16-13-21-18-5-3-2-4-17(16)18/h2-5,13-15,21H,6-12H2,1H3. The minimum atomic E-state index is 0.145. The molecule has 25 heavy (non-hydrogen) atoms. The van der Waals surface area contributed by atoms with Crippen molar-refractivity contribution in [1.29, 1.82) is 0 Å². The first-order chi connectivity index (χ1) is 12.1. The number of benzene rings is 1. The molecule has 1 N–H and O–H groups in total. The maximum atomic E-state index is 12.6. The van der Waals surface area contributed by atoms with E-state index in [1.165, 1.54) is 12.8 Å². The van der Waals surface area contributed by atoms with Crippen LogP contribution in [-0.2, 0) is 16.0 Å². The molecule has 1 unspecified atom stereocenters. The molecule has 1 aliphatic heterocycles. The van der Waals surface area contributed by atoms with Crippen LogP contribution in [0.5, 0.6) is 0 Å². The highest BCUT2D eigenvalue weighted by atomic mass is 16.2. The Morgan fingerprint density at radius 1 is 1.12 bits per heavy atom. The molecule has 1 aliphatic carbocycles. The van der Waals surface area contributed by atoms with E-state index < -0.39 is 0 Å². The lowest BCUT2D eigenvalue weighted by Crippen LogP contribution is -2.52. The van der Waals surface area contributed by atoms with Crippen molar-refractivity contribution in [3.05, 3.63) is 36.0 Å². The number of aromatic amines is 1. The maximum absolute atomic E-state index is 12.6. The first-order valence-electron chi connectivity index (χ1n) is 9.25. The summed E-state index contributed by atoms with van der Waals surface area (Å²) in [5.41, 5.74) is 2.11. The van der Waals surface area contributed by atoms with E-state index in [9.17, 15) is 9.59 Å². The highest BCUT2D eigenvalue weighted by Gasteiger charge is 2.36. The minimum Gasteiger partial charge on any atom is -0.361 e. The summed E-state index contributed by atoms with van der Waals surface area (Å²) in [6.07, 6.45) is 4.72. The second kappa shape index (κ2) is 6.54. The Bertz CT molecular complexity index is 785. The zero-order valence-corrected chi connectivity index (χ0v) is 14.7. The Hall–Kier alpha value is -2.30. The normalized spacial score (nSPS) is 19.2. The number of nitrogens with zero attached hydrogens (tertiary/aromatic N) is 2. The van der Waals surface area contributed by atoms with Gasteiger partial charge in [-0.2, -0.15) is 0 Å². The van der Waals surface area contributed by atoms with Gasteiger partial charge in [0.1, 0.15) is 0 Å². The molecule has 1 aromatic carbocycles. The Morgan fingerprint density at radius 2 is 1.80 bits per heavy atom. The molecular formula is C20H25N3O2. The van der Waals surface area contributed by atoms with Crippen LogP contribution in [0.4, 0.5) is 0 Å². The van der Waals surface area contributed by atoms with Gasteiger partial charge in [0, 0.05) is 49.2 Å². The van der Waals surface area contributed by atoms with Gasteiger partial charge >= 0.3 is 0 Å². The van der Waals surface area contributed by atoms with E-state index in [0.29, 0.717) is 38.5 Å². The molecular weight excluding hydrogens is 314 g/mol. The van der Waals surface area contributed by atoms with Crippen molar-refractivity contribution in [1.82, 2.24) is 14.8 Å². The summed E-state index contributed by atoms with van der Waals surface area (Å²) in [5.74, 6) is 1.15.